The van der Waals surface area contributed by atoms with Gasteiger partial charge in [0.1, 0.15) is 0 Å². The normalized spacial score (nSPS) is 13.8. The maximum absolute atomic E-state index is 12.5. The van der Waals surface area contributed by atoms with E-state index in [0.29, 0.717) is 16.8 Å². The van der Waals surface area contributed by atoms with Crippen LogP contribution in [-0.2, 0) is 0 Å². The van der Waals surface area contributed by atoms with E-state index < -0.39 is 0 Å². The molecule has 4 rings (SSSR count). The molecule has 0 saturated carbocycles. The first kappa shape index (κ1) is 11.9. The largest absolute Gasteiger partial charge is 0.268 e. The summed E-state index contributed by atoms with van der Waals surface area (Å²) in [7, 11) is 0. The molecule has 0 radical (unpaired) electrons. The van der Waals surface area contributed by atoms with Crippen molar-refractivity contribution in [3.8, 4) is 11.1 Å². The molecule has 0 unspecified atom stereocenters. The molecule has 0 saturated heterocycles. The van der Waals surface area contributed by atoms with Gasteiger partial charge in [-0.05, 0) is 35.4 Å². The highest BCUT2D eigenvalue weighted by molar-refractivity contribution is 6.34. The number of amides is 2. The van der Waals surface area contributed by atoms with Crippen LogP contribution < -0.4 is 4.90 Å². The highest BCUT2D eigenvalue weighted by atomic mass is 16.2. The molecule has 0 aromatic heterocycles. The number of hydrogen-bond donors (Lipinski definition) is 0. The number of carbonyl (C=O) groups is 2. The van der Waals surface area contributed by atoms with Gasteiger partial charge in [-0.1, -0.05) is 42.5 Å². The van der Waals surface area contributed by atoms with Gasteiger partial charge in [-0.3, -0.25) is 9.59 Å². The predicted molar refractivity (Wildman–Crippen MR) is 80.6 cm³/mol. The van der Waals surface area contributed by atoms with E-state index in [1.807, 2.05) is 42.5 Å². The minimum absolute atomic E-state index is 0.254. The number of hydrogen-bond acceptors (Lipinski definition) is 2. The lowest BCUT2D eigenvalue weighted by Crippen LogP contribution is -2.28. The van der Waals surface area contributed by atoms with Gasteiger partial charge in [0.15, 0.2) is 0 Å². The maximum Gasteiger partial charge on any atom is 0.266 e. The third-order valence-corrected chi connectivity index (χ3v) is 3.77. The van der Waals surface area contributed by atoms with E-state index in [9.17, 15) is 9.59 Å². The molecular formula is C18H11NO2. The average Bonchev–Trinajstić information content (AvgIpc) is 2.91. The minimum atomic E-state index is -0.254. The molecule has 0 atom stereocenters. The van der Waals surface area contributed by atoms with Gasteiger partial charge in [-0.15, -0.1) is 0 Å². The van der Waals surface area contributed by atoms with Gasteiger partial charge in [0.2, 0.25) is 0 Å². The van der Waals surface area contributed by atoms with Crippen LogP contribution in [-0.4, -0.2) is 11.8 Å². The molecule has 2 aliphatic carbocycles. The number of fused-ring (bicyclic) bond motifs is 2. The van der Waals surface area contributed by atoms with Crippen molar-refractivity contribution in [2.75, 3.05) is 4.90 Å². The van der Waals surface area contributed by atoms with Gasteiger partial charge in [-0.25, -0.2) is 4.90 Å². The van der Waals surface area contributed by atoms with Gasteiger partial charge in [0.05, 0.1) is 16.8 Å². The van der Waals surface area contributed by atoms with E-state index in [1.165, 1.54) is 4.90 Å². The molecule has 21 heavy (non-hydrogen) atoms. The molecule has 3 aliphatic rings. The van der Waals surface area contributed by atoms with Crippen LogP contribution in [0.25, 0.3) is 11.1 Å². The summed E-state index contributed by atoms with van der Waals surface area (Å²) in [5.41, 5.74) is 3.58. The van der Waals surface area contributed by atoms with Gasteiger partial charge >= 0.3 is 0 Å². The molecule has 0 fully saturated rings. The third-order valence-electron chi connectivity index (χ3n) is 3.77. The molecule has 3 heteroatoms. The SMILES string of the molecule is O=C1c2ccccc2C(=O)N1c1cc2cccccc-2c1. The van der Waals surface area contributed by atoms with E-state index in [1.54, 1.807) is 24.3 Å². The predicted octanol–water partition coefficient (Wildman–Crippen LogP) is 3.59. The smallest absolute Gasteiger partial charge is 0.266 e. The highest BCUT2D eigenvalue weighted by Gasteiger charge is 2.36. The lowest BCUT2D eigenvalue weighted by Gasteiger charge is -2.11. The van der Waals surface area contributed by atoms with E-state index in [4.69, 9.17) is 0 Å². The average molecular weight is 273 g/mol. The summed E-state index contributed by atoms with van der Waals surface area (Å²) >= 11 is 0. The van der Waals surface area contributed by atoms with Crippen molar-refractivity contribution < 1.29 is 9.59 Å². The number of anilines is 1. The zero-order chi connectivity index (χ0) is 14.4. The second-order valence-corrected chi connectivity index (χ2v) is 5.03. The van der Waals surface area contributed by atoms with Gasteiger partial charge < -0.3 is 0 Å². The Morgan fingerprint density at radius 3 is 1.62 bits per heavy atom. The number of benzene rings is 1. The lowest BCUT2D eigenvalue weighted by atomic mass is 10.1. The summed E-state index contributed by atoms with van der Waals surface area (Å²) in [6.45, 7) is 0. The summed E-state index contributed by atoms with van der Waals surface area (Å²) in [4.78, 5) is 26.2. The van der Waals surface area contributed by atoms with E-state index in [2.05, 4.69) is 0 Å². The standard InChI is InChI=1S/C18H11NO2/c20-17-15-8-4-5-9-16(15)18(21)19(17)14-10-12-6-2-1-3-7-13(12)11-14/h1-11H. The van der Waals surface area contributed by atoms with Crippen LogP contribution in [0.1, 0.15) is 20.7 Å². The van der Waals surface area contributed by atoms with Crippen LogP contribution >= 0.6 is 0 Å². The van der Waals surface area contributed by atoms with Crippen molar-refractivity contribution >= 4 is 17.5 Å². The second kappa shape index (κ2) is 4.28. The zero-order valence-electron chi connectivity index (χ0n) is 11.1. The van der Waals surface area contributed by atoms with Crippen molar-refractivity contribution in [2.45, 2.75) is 0 Å². The quantitative estimate of drug-likeness (QED) is 0.635. The van der Waals surface area contributed by atoms with Gasteiger partial charge in [0, 0.05) is 0 Å². The Hall–Kier alpha value is -2.94. The van der Waals surface area contributed by atoms with Crippen molar-refractivity contribution in [3.05, 3.63) is 77.9 Å². The summed E-state index contributed by atoms with van der Waals surface area (Å²) in [6.07, 6.45) is 0. The molecule has 1 aliphatic heterocycles. The summed E-state index contributed by atoms with van der Waals surface area (Å²) in [6, 6.07) is 20.4. The number of imide groups is 1. The Balaban J connectivity index is 1.86. The molecule has 1 aromatic rings. The number of nitrogens with zero attached hydrogens (tertiary/aromatic N) is 1. The molecule has 2 amide bonds. The van der Waals surface area contributed by atoms with Crippen LogP contribution in [0.15, 0.2) is 66.7 Å². The summed E-state index contributed by atoms with van der Waals surface area (Å²) in [5.74, 6) is -0.509. The highest BCUT2D eigenvalue weighted by Crippen LogP contribution is 2.35. The topological polar surface area (TPSA) is 37.4 Å². The Kier molecular flexibility index (Phi) is 2.42. The van der Waals surface area contributed by atoms with Crippen molar-refractivity contribution in [3.63, 3.8) is 0 Å². The van der Waals surface area contributed by atoms with Crippen molar-refractivity contribution in [2.24, 2.45) is 0 Å². The fourth-order valence-corrected chi connectivity index (χ4v) is 2.75. The van der Waals surface area contributed by atoms with Gasteiger partial charge in [0.25, 0.3) is 11.8 Å². The molecule has 0 spiro atoms. The van der Waals surface area contributed by atoms with Crippen LogP contribution in [0, 0.1) is 0 Å². The first-order valence-electron chi connectivity index (χ1n) is 6.72. The Labute approximate surface area is 121 Å². The molecule has 1 heterocycles. The zero-order valence-corrected chi connectivity index (χ0v) is 11.1. The van der Waals surface area contributed by atoms with E-state index >= 15 is 0 Å². The Morgan fingerprint density at radius 1 is 0.619 bits per heavy atom. The molecule has 100 valence electrons. The van der Waals surface area contributed by atoms with Crippen LogP contribution in [0.3, 0.4) is 0 Å². The Bertz CT molecular complexity index is 787. The first-order valence-corrected chi connectivity index (χ1v) is 6.72. The second-order valence-electron chi connectivity index (χ2n) is 5.03. The van der Waals surface area contributed by atoms with Gasteiger partial charge in [-0.2, -0.15) is 0 Å². The minimum Gasteiger partial charge on any atom is -0.268 e. The number of carbonyl (C=O) groups excluding carboxylic acids is 2. The lowest BCUT2D eigenvalue weighted by molar-refractivity contribution is 0.0926. The third kappa shape index (κ3) is 1.68. The van der Waals surface area contributed by atoms with Crippen molar-refractivity contribution in [1.82, 2.24) is 0 Å². The Morgan fingerprint density at radius 2 is 1.10 bits per heavy atom. The fourth-order valence-electron chi connectivity index (χ4n) is 2.75. The summed E-state index contributed by atoms with van der Waals surface area (Å²) < 4.78 is 0. The van der Waals surface area contributed by atoms with E-state index in [0.717, 1.165) is 11.1 Å². The number of rotatable bonds is 1. The molecular weight excluding hydrogens is 262 g/mol. The maximum atomic E-state index is 12.5. The first-order chi connectivity index (χ1) is 10.3. The fraction of sp³-hybridized carbons (Fsp3) is 0. The van der Waals surface area contributed by atoms with Crippen LogP contribution in [0.5, 0.6) is 0 Å². The molecule has 3 nitrogen and oxygen atoms in total. The summed E-state index contributed by atoms with van der Waals surface area (Å²) in [5, 5.41) is 0. The van der Waals surface area contributed by atoms with E-state index in [-0.39, 0.29) is 11.8 Å². The monoisotopic (exact) mass is 273 g/mol. The molecule has 0 N–H and O–H groups in total. The van der Waals surface area contributed by atoms with Crippen LogP contribution in [0.2, 0.25) is 0 Å². The molecule has 1 aromatic carbocycles. The van der Waals surface area contributed by atoms with Crippen molar-refractivity contribution in [1.29, 1.82) is 0 Å². The van der Waals surface area contributed by atoms with Crippen LogP contribution in [0.4, 0.5) is 5.69 Å². The molecule has 0 bridgehead atoms.